The maximum absolute atomic E-state index is 12.4. The second-order valence-corrected chi connectivity index (χ2v) is 6.74. The van der Waals surface area contributed by atoms with Gasteiger partial charge in [0.1, 0.15) is 0 Å². The zero-order valence-corrected chi connectivity index (χ0v) is 15.2. The van der Waals surface area contributed by atoms with E-state index in [1.165, 1.54) is 0 Å². The predicted molar refractivity (Wildman–Crippen MR) is 100 cm³/mol. The molecule has 4 rings (SSSR count). The number of aryl methyl sites for hydroxylation is 1. The van der Waals surface area contributed by atoms with Crippen molar-refractivity contribution in [2.24, 2.45) is 7.05 Å². The summed E-state index contributed by atoms with van der Waals surface area (Å²) in [7, 11) is 3.47. The van der Waals surface area contributed by atoms with E-state index in [0.717, 1.165) is 21.7 Å². The first-order valence-electron chi connectivity index (χ1n) is 8.07. The van der Waals surface area contributed by atoms with Gasteiger partial charge in [0, 0.05) is 12.4 Å². The molecule has 1 aromatic carbocycles. The zero-order valence-electron chi connectivity index (χ0n) is 14.4. The van der Waals surface area contributed by atoms with Crippen LogP contribution in [0.1, 0.15) is 16.2 Å². The SMILES string of the molecule is COc1cccc2cc(C(=O)NCc3cc(-c4cccs4)n(C)n3)oc12. The molecule has 0 fully saturated rings. The van der Waals surface area contributed by atoms with Crippen LogP contribution < -0.4 is 10.1 Å². The minimum absolute atomic E-state index is 0.249. The van der Waals surface area contributed by atoms with Gasteiger partial charge in [-0.15, -0.1) is 11.3 Å². The third-order valence-electron chi connectivity index (χ3n) is 4.09. The highest BCUT2D eigenvalue weighted by atomic mass is 32.1. The fourth-order valence-corrected chi connectivity index (χ4v) is 3.61. The van der Waals surface area contributed by atoms with E-state index < -0.39 is 0 Å². The van der Waals surface area contributed by atoms with E-state index in [9.17, 15) is 4.79 Å². The molecule has 0 unspecified atom stereocenters. The van der Waals surface area contributed by atoms with Crippen LogP contribution >= 0.6 is 11.3 Å². The van der Waals surface area contributed by atoms with Crippen LogP contribution in [-0.4, -0.2) is 22.8 Å². The number of methoxy groups -OCH3 is 1. The van der Waals surface area contributed by atoms with Gasteiger partial charge >= 0.3 is 0 Å². The molecule has 0 aliphatic carbocycles. The number of benzene rings is 1. The van der Waals surface area contributed by atoms with E-state index >= 15 is 0 Å². The molecule has 132 valence electrons. The van der Waals surface area contributed by atoms with Gasteiger partial charge in [-0.2, -0.15) is 5.10 Å². The van der Waals surface area contributed by atoms with E-state index in [4.69, 9.17) is 9.15 Å². The number of carbonyl (C=O) groups excluding carboxylic acids is 1. The highest BCUT2D eigenvalue weighted by Crippen LogP contribution is 2.28. The van der Waals surface area contributed by atoms with Gasteiger partial charge in [-0.1, -0.05) is 18.2 Å². The monoisotopic (exact) mass is 367 g/mol. The fraction of sp³-hybridized carbons (Fsp3) is 0.158. The highest BCUT2D eigenvalue weighted by molar-refractivity contribution is 7.13. The van der Waals surface area contributed by atoms with Gasteiger partial charge in [0.25, 0.3) is 5.91 Å². The molecule has 0 spiro atoms. The summed E-state index contributed by atoms with van der Waals surface area (Å²) in [6.07, 6.45) is 0. The van der Waals surface area contributed by atoms with E-state index in [1.54, 1.807) is 30.6 Å². The van der Waals surface area contributed by atoms with Crippen molar-refractivity contribution in [2.75, 3.05) is 7.11 Å². The third-order valence-corrected chi connectivity index (χ3v) is 4.98. The Morgan fingerprint density at radius 3 is 2.96 bits per heavy atom. The highest BCUT2D eigenvalue weighted by Gasteiger charge is 2.15. The molecular weight excluding hydrogens is 350 g/mol. The minimum atomic E-state index is -0.286. The summed E-state index contributed by atoms with van der Waals surface area (Å²) < 4.78 is 12.7. The van der Waals surface area contributed by atoms with Crippen molar-refractivity contribution >= 4 is 28.2 Å². The van der Waals surface area contributed by atoms with Crippen molar-refractivity contribution < 1.29 is 13.9 Å². The molecule has 0 radical (unpaired) electrons. The molecule has 26 heavy (non-hydrogen) atoms. The van der Waals surface area contributed by atoms with Crippen molar-refractivity contribution in [3.8, 4) is 16.3 Å². The molecular formula is C19H17N3O3S. The number of fused-ring (bicyclic) bond motifs is 1. The number of furan rings is 1. The number of hydrogen-bond acceptors (Lipinski definition) is 5. The summed E-state index contributed by atoms with van der Waals surface area (Å²) in [6.45, 7) is 0.326. The van der Waals surface area contributed by atoms with Gasteiger partial charge in [0.05, 0.1) is 29.9 Å². The molecule has 0 saturated heterocycles. The molecule has 0 aliphatic heterocycles. The zero-order chi connectivity index (χ0) is 18.1. The first-order valence-corrected chi connectivity index (χ1v) is 8.95. The lowest BCUT2D eigenvalue weighted by Gasteiger charge is -2.00. The van der Waals surface area contributed by atoms with Crippen LogP contribution in [0.3, 0.4) is 0 Å². The van der Waals surface area contributed by atoms with Gasteiger partial charge in [0.15, 0.2) is 17.1 Å². The average molecular weight is 367 g/mol. The fourth-order valence-electron chi connectivity index (χ4n) is 2.83. The maximum Gasteiger partial charge on any atom is 0.287 e. The van der Waals surface area contributed by atoms with E-state index in [1.807, 2.05) is 47.4 Å². The quantitative estimate of drug-likeness (QED) is 0.582. The van der Waals surface area contributed by atoms with E-state index in [0.29, 0.717) is 17.9 Å². The summed E-state index contributed by atoms with van der Waals surface area (Å²) >= 11 is 1.66. The molecule has 0 bridgehead atoms. The molecule has 1 amide bonds. The molecule has 0 atom stereocenters. The van der Waals surface area contributed by atoms with Crippen LogP contribution in [0.2, 0.25) is 0 Å². The van der Waals surface area contributed by atoms with Gasteiger partial charge in [-0.25, -0.2) is 0 Å². The number of nitrogens with one attached hydrogen (secondary N) is 1. The van der Waals surface area contributed by atoms with Gasteiger partial charge < -0.3 is 14.5 Å². The van der Waals surface area contributed by atoms with Gasteiger partial charge in [0.2, 0.25) is 0 Å². The summed E-state index contributed by atoms with van der Waals surface area (Å²) in [6, 6.07) is 13.3. The predicted octanol–water partition coefficient (Wildman–Crippen LogP) is 3.83. The Balaban J connectivity index is 1.50. The topological polar surface area (TPSA) is 69.3 Å². The molecule has 7 heteroatoms. The molecule has 3 heterocycles. The van der Waals surface area contributed by atoms with Crippen molar-refractivity contribution in [1.82, 2.24) is 15.1 Å². The largest absolute Gasteiger partial charge is 0.493 e. The third kappa shape index (κ3) is 2.97. The maximum atomic E-state index is 12.4. The lowest BCUT2D eigenvalue weighted by molar-refractivity contribution is 0.0924. The summed E-state index contributed by atoms with van der Waals surface area (Å²) in [4.78, 5) is 13.6. The summed E-state index contributed by atoms with van der Waals surface area (Å²) in [5.74, 6) is 0.567. The number of nitrogens with zero attached hydrogens (tertiary/aromatic N) is 2. The lowest BCUT2D eigenvalue weighted by atomic mass is 10.2. The van der Waals surface area contributed by atoms with Crippen LogP contribution in [0.25, 0.3) is 21.5 Å². The van der Waals surface area contributed by atoms with E-state index in [2.05, 4.69) is 10.4 Å². The van der Waals surface area contributed by atoms with E-state index in [-0.39, 0.29) is 11.7 Å². The summed E-state index contributed by atoms with van der Waals surface area (Å²) in [5.41, 5.74) is 2.38. The molecule has 4 aromatic rings. The number of amides is 1. The Labute approximate surface area is 154 Å². The molecule has 0 aliphatic rings. The van der Waals surface area contributed by atoms with Crippen LogP contribution in [0.15, 0.2) is 52.3 Å². The minimum Gasteiger partial charge on any atom is -0.493 e. The normalized spacial score (nSPS) is 11.0. The van der Waals surface area contributed by atoms with Crippen LogP contribution in [-0.2, 0) is 13.6 Å². The standard InChI is InChI=1S/C19H17N3O3S/c1-22-14(17-7-4-8-26-17)10-13(21-22)11-20-19(23)16-9-12-5-3-6-15(24-2)18(12)25-16/h3-10H,11H2,1-2H3,(H,20,23). The number of ether oxygens (including phenoxy) is 1. The van der Waals surface area contributed by atoms with Crippen molar-refractivity contribution in [1.29, 1.82) is 0 Å². The number of aromatic nitrogens is 2. The number of rotatable bonds is 5. The molecule has 0 saturated carbocycles. The van der Waals surface area contributed by atoms with Crippen LogP contribution in [0.4, 0.5) is 0 Å². The molecule has 6 nitrogen and oxygen atoms in total. The van der Waals surface area contributed by atoms with Crippen molar-refractivity contribution in [2.45, 2.75) is 6.54 Å². The second kappa shape index (κ2) is 6.68. The number of carbonyl (C=O) groups is 1. The number of thiophene rings is 1. The van der Waals surface area contributed by atoms with Crippen molar-refractivity contribution in [3.05, 3.63) is 59.3 Å². The second-order valence-electron chi connectivity index (χ2n) is 5.79. The van der Waals surface area contributed by atoms with Crippen LogP contribution in [0, 0.1) is 0 Å². The smallest absolute Gasteiger partial charge is 0.287 e. The Bertz CT molecular complexity index is 1060. The average Bonchev–Trinajstić information content (AvgIpc) is 3.37. The Morgan fingerprint density at radius 2 is 2.19 bits per heavy atom. The Hall–Kier alpha value is -3.06. The lowest BCUT2D eigenvalue weighted by Crippen LogP contribution is -2.22. The first-order chi connectivity index (χ1) is 12.7. The van der Waals surface area contributed by atoms with Gasteiger partial charge in [-0.3, -0.25) is 9.48 Å². The van der Waals surface area contributed by atoms with Gasteiger partial charge in [-0.05, 0) is 29.6 Å². The number of hydrogen-bond donors (Lipinski definition) is 1. The first kappa shape index (κ1) is 16.4. The molecule has 1 N–H and O–H groups in total. The molecule has 3 aromatic heterocycles. The van der Waals surface area contributed by atoms with Crippen molar-refractivity contribution in [3.63, 3.8) is 0 Å². The Morgan fingerprint density at radius 1 is 1.31 bits per heavy atom. The number of para-hydroxylation sites is 1. The van der Waals surface area contributed by atoms with Crippen LogP contribution in [0.5, 0.6) is 5.75 Å². The Kier molecular flexibility index (Phi) is 4.22. The summed E-state index contributed by atoms with van der Waals surface area (Å²) in [5, 5.41) is 10.2.